The second-order valence-corrected chi connectivity index (χ2v) is 4.12. The van der Waals surface area contributed by atoms with Gasteiger partial charge in [-0.25, -0.2) is 4.79 Å². The average molecular weight is 262 g/mol. The molecule has 2 aromatic rings. The number of aliphatic hydroxyl groups excluding tert-OH is 1. The van der Waals surface area contributed by atoms with E-state index in [2.05, 4.69) is 10.1 Å². The molecule has 100 valence electrons. The molecule has 1 aromatic heterocycles. The Morgan fingerprint density at radius 1 is 1.32 bits per heavy atom. The van der Waals surface area contributed by atoms with Crippen LogP contribution < -0.4 is 0 Å². The number of carboxylic acids is 1. The van der Waals surface area contributed by atoms with E-state index in [9.17, 15) is 4.79 Å². The van der Waals surface area contributed by atoms with Gasteiger partial charge in [0, 0.05) is 6.42 Å². The van der Waals surface area contributed by atoms with Crippen LogP contribution in [0.15, 0.2) is 28.8 Å². The maximum Gasteiger partial charge on any atom is 0.335 e. The van der Waals surface area contributed by atoms with E-state index >= 15 is 0 Å². The Morgan fingerprint density at radius 2 is 2.16 bits per heavy atom. The number of aliphatic hydroxyl groups is 1. The van der Waals surface area contributed by atoms with Crippen LogP contribution in [0.3, 0.4) is 0 Å². The molecule has 0 unspecified atom stereocenters. The summed E-state index contributed by atoms with van der Waals surface area (Å²) in [5, 5.41) is 21.3. The standard InChI is InChI=1S/C13H14N2O4/c16-8-11-14-12(19-15-11)6-2-4-9-3-1-5-10(7-9)13(17)18/h1,3,5,7,16H,2,4,6,8H2,(H,17,18). The van der Waals surface area contributed by atoms with Crippen LogP contribution in [0, 0.1) is 0 Å². The number of aromatic carboxylic acids is 1. The van der Waals surface area contributed by atoms with Gasteiger partial charge in [0.05, 0.1) is 5.56 Å². The number of carbonyl (C=O) groups is 1. The number of hydrogen-bond donors (Lipinski definition) is 2. The quantitative estimate of drug-likeness (QED) is 0.817. The molecule has 6 heteroatoms. The fourth-order valence-corrected chi connectivity index (χ4v) is 1.76. The molecular weight excluding hydrogens is 248 g/mol. The zero-order chi connectivity index (χ0) is 13.7. The lowest BCUT2D eigenvalue weighted by Gasteiger charge is -2.01. The molecule has 0 atom stereocenters. The van der Waals surface area contributed by atoms with Gasteiger partial charge in [0.1, 0.15) is 6.61 Å². The van der Waals surface area contributed by atoms with Crippen molar-refractivity contribution in [3.05, 3.63) is 47.1 Å². The minimum absolute atomic E-state index is 0.232. The van der Waals surface area contributed by atoms with Gasteiger partial charge in [0.2, 0.25) is 5.89 Å². The zero-order valence-corrected chi connectivity index (χ0v) is 10.2. The molecule has 0 aliphatic heterocycles. The first kappa shape index (κ1) is 13.2. The van der Waals surface area contributed by atoms with Gasteiger partial charge < -0.3 is 14.7 Å². The molecule has 0 aliphatic carbocycles. The Bertz CT molecular complexity index is 565. The summed E-state index contributed by atoms with van der Waals surface area (Å²) in [6.07, 6.45) is 2.11. The van der Waals surface area contributed by atoms with Crippen LogP contribution in [0.25, 0.3) is 0 Å². The van der Waals surface area contributed by atoms with Crippen molar-refractivity contribution in [3.8, 4) is 0 Å². The van der Waals surface area contributed by atoms with Crippen LogP contribution in [0.4, 0.5) is 0 Å². The smallest absolute Gasteiger partial charge is 0.335 e. The summed E-state index contributed by atoms with van der Waals surface area (Å²) in [6, 6.07) is 6.85. The highest BCUT2D eigenvalue weighted by Crippen LogP contribution is 2.10. The third-order valence-electron chi connectivity index (χ3n) is 2.68. The molecule has 1 aromatic carbocycles. The summed E-state index contributed by atoms with van der Waals surface area (Å²) >= 11 is 0. The Hall–Kier alpha value is -2.21. The maximum absolute atomic E-state index is 10.8. The lowest BCUT2D eigenvalue weighted by atomic mass is 10.1. The normalized spacial score (nSPS) is 10.6. The van der Waals surface area contributed by atoms with Gasteiger partial charge in [-0.1, -0.05) is 17.3 Å². The molecule has 0 aliphatic rings. The minimum Gasteiger partial charge on any atom is -0.478 e. The summed E-state index contributed by atoms with van der Waals surface area (Å²) in [5.41, 5.74) is 1.25. The molecule has 0 spiro atoms. The summed E-state index contributed by atoms with van der Waals surface area (Å²) in [6.45, 7) is -0.232. The van der Waals surface area contributed by atoms with Gasteiger partial charge in [-0.3, -0.25) is 0 Å². The molecule has 6 nitrogen and oxygen atoms in total. The van der Waals surface area contributed by atoms with Crippen molar-refractivity contribution < 1.29 is 19.5 Å². The number of aromatic nitrogens is 2. The van der Waals surface area contributed by atoms with E-state index in [1.807, 2.05) is 6.07 Å². The Labute approximate surface area is 109 Å². The molecule has 0 saturated carbocycles. The van der Waals surface area contributed by atoms with Crippen molar-refractivity contribution in [2.24, 2.45) is 0 Å². The number of benzene rings is 1. The molecule has 1 heterocycles. The van der Waals surface area contributed by atoms with Crippen molar-refractivity contribution in [1.82, 2.24) is 10.1 Å². The maximum atomic E-state index is 10.8. The number of hydrogen-bond acceptors (Lipinski definition) is 5. The predicted octanol–water partition coefficient (Wildman–Crippen LogP) is 1.44. The van der Waals surface area contributed by atoms with E-state index in [0.717, 1.165) is 18.4 Å². The molecular formula is C13H14N2O4. The largest absolute Gasteiger partial charge is 0.478 e. The number of aryl methyl sites for hydroxylation is 2. The van der Waals surface area contributed by atoms with E-state index in [1.165, 1.54) is 0 Å². The SMILES string of the molecule is O=C(O)c1cccc(CCCc2nc(CO)no2)c1. The molecule has 0 radical (unpaired) electrons. The molecule has 2 N–H and O–H groups in total. The first-order chi connectivity index (χ1) is 9.19. The van der Waals surface area contributed by atoms with Gasteiger partial charge in [-0.2, -0.15) is 4.98 Å². The van der Waals surface area contributed by atoms with Crippen molar-refractivity contribution >= 4 is 5.97 Å². The number of carboxylic acid groups (broad SMARTS) is 1. The number of rotatable bonds is 6. The van der Waals surface area contributed by atoms with Crippen LogP contribution in [0.2, 0.25) is 0 Å². The highest BCUT2D eigenvalue weighted by Gasteiger charge is 2.06. The fourth-order valence-electron chi connectivity index (χ4n) is 1.76. The summed E-state index contributed by atoms with van der Waals surface area (Å²) in [7, 11) is 0. The Balaban J connectivity index is 1.88. The topological polar surface area (TPSA) is 96.5 Å². The third-order valence-corrected chi connectivity index (χ3v) is 2.68. The van der Waals surface area contributed by atoms with Gasteiger partial charge in [0.25, 0.3) is 0 Å². The van der Waals surface area contributed by atoms with Crippen LogP contribution >= 0.6 is 0 Å². The Morgan fingerprint density at radius 3 is 2.84 bits per heavy atom. The van der Waals surface area contributed by atoms with Crippen LogP contribution in [-0.4, -0.2) is 26.3 Å². The predicted molar refractivity (Wildman–Crippen MR) is 65.6 cm³/mol. The lowest BCUT2D eigenvalue weighted by Crippen LogP contribution is -1.98. The summed E-state index contributed by atoms with van der Waals surface area (Å²) < 4.78 is 4.94. The van der Waals surface area contributed by atoms with Gasteiger partial charge in [-0.15, -0.1) is 0 Å². The highest BCUT2D eigenvalue weighted by atomic mass is 16.5. The second-order valence-electron chi connectivity index (χ2n) is 4.12. The van der Waals surface area contributed by atoms with Crippen molar-refractivity contribution in [2.45, 2.75) is 25.9 Å². The molecule has 0 saturated heterocycles. The Kier molecular flexibility index (Phi) is 4.25. The number of nitrogens with zero attached hydrogens (tertiary/aromatic N) is 2. The van der Waals surface area contributed by atoms with Crippen LogP contribution in [0.5, 0.6) is 0 Å². The molecule has 19 heavy (non-hydrogen) atoms. The monoisotopic (exact) mass is 262 g/mol. The van der Waals surface area contributed by atoms with Crippen molar-refractivity contribution in [3.63, 3.8) is 0 Å². The molecule has 2 rings (SSSR count). The van der Waals surface area contributed by atoms with E-state index in [4.69, 9.17) is 14.7 Å². The zero-order valence-electron chi connectivity index (χ0n) is 10.2. The van der Waals surface area contributed by atoms with E-state index in [0.29, 0.717) is 12.3 Å². The summed E-state index contributed by atoms with van der Waals surface area (Å²) in [4.78, 5) is 14.8. The van der Waals surface area contributed by atoms with E-state index in [1.54, 1.807) is 18.2 Å². The van der Waals surface area contributed by atoms with E-state index in [-0.39, 0.29) is 18.0 Å². The fraction of sp³-hybridized carbons (Fsp3) is 0.308. The first-order valence-electron chi connectivity index (χ1n) is 5.93. The van der Waals surface area contributed by atoms with Crippen molar-refractivity contribution in [1.29, 1.82) is 0 Å². The van der Waals surface area contributed by atoms with Gasteiger partial charge in [-0.05, 0) is 30.5 Å². The average Bonchev–Trinajstić information content (AvgIpc) is 2.87. The lowest BCUT2D eigenvalue weighted by molar-refractivity contribution is 0.0696. The molecule has 0 amide bonds. The third kappa shape index (κ3) is 3.62. The van der Waals surface area contributed by atoms with Crippen LogP contribution in [0.1, 0.15) is 34.1 Å². The summed E-state index contributed by atoms with van der Waals surface area (Å²) in [5.74, 6) is -0.160. The minimum atomic E-state index is -0.925. The van der Waals surface area contributed by atoms with Crippen LogP contribution in [-0.2, 0) is 19.4 Å². The van der Waals surface area contributed by atoms with Gasteiger partial charge >= 0.3 is 5.97 Å². The highest BCUT2D eigenvalue weighted by molar-refractivity contribution is 5.87. The molecule has 0 bridgehead atoms. The van der Waals surface area contributed by atoms with Gasteiger partial charge in [0.15, 0.2) is 5.82 Å². The van der Waals surface area contributed by atoms with E-state index < -0.39 is 5.97 Å². The van der Waals surface area contributed by atoms with Crippen molar-refractivity contribution in [2.75, 3.05) is 0 Å². The molecule has 0 fully saturated rings. The first-order valence-corrected chi connectivity index (χ1v) is 5.93. The second kappa shape index (κ2) is 6.10.